The van der Waals surface area contributed by atoms with Crippen LogP contribution in [-0.2, 0) is 16.4 Å². The van der Waals surface area contributed by atoms with Gasteiger partial charge in [-0.05, 0) is 58.6 Å². The lowest BCUT2D eigenvalue weighted by atomic mass is 10.1. The van der Waals surface area contributed by atoms with Gasteiger partial charge in [0.15, 0.2) is 0 Å². The van der Waals surface area contributed by atoms with Gasteiger partial charge in [-0.2, -0.15) is 0 Å². The fraction of sp³-hybridized carbons (Fsp3) is 0.188. The van der Waals surface area contributed by atoms with Crippen molar-refractivity contribution in [3.63, 3.8) is 0 Å². The third kappa shape index (κ3) is 2.38. The molecule has 0 saturated heterocycles. The predicted octanol–water partition coefficient (Wildman–Crippen LogP) is 4.12. The molecule has 0 saturated carbocycles. The van der Waals surface area contributed by atoms with Crippen molar-refractivity contribution in [2.24, 2.45) is 0 Å². The van der Waals surface area contributed by atoms with Crippen LogP contribution in [0.3, 0.4) is 0 Å². The number of benzene rings is 1. The molecule has 0 spiro atoms. The summed E-state index contributed by atoms with van der Waals surface area (Å²) in [6, 6.07) is 11.5. The molecule has 3 aromatic rings. The van der Waals surface area contributed by atoms with E-state index in [9.17, 15) is 8.42 Å². The summed E-state index contributed by atoms with van der Waals surface area (Å²) in [5, 5.41) is 1.06. The average molecular weight is 409 g/mol. The highest BCUT2D eigenvalue weighted by Crippen LogP contribution is 2.36. The van der Waals surface area contributed by atoms with Crippen LogP contribution >= 0.6 is 27.3 Å². The molecule has 23 heavy (non-hydrogen) atoms. The van der Waals surface area contributed by atoms with Crippen molar-refractivity contribution in [3.8, 4) is 0 Å². The summed E-state index contributed by atoms with van der Waals surface area (Å²) in [6.07, 6.45) is 0.692. The van der Waals surface area contributed by atoms with E-state index >= 15 is 0 Å². The van der Waals surface area contributed by atoms with Crippen LogP contribution in [-0.4, -0.2) is 19.9 Å². The molecule has 0 fully saturated rings. The summed E-state index contributed by atoms with van der Waals surface area (Å²) in [4.78, 5) is 4.67. The zero-order valence-electron chi connectivity index (χ0n) is 12.3. The van der Waals surface area contributed by atoms with Gasteiger partial charge in [0.05, 0.1) is 9.30 Å². The molecule has 0 atom stereocenters. The molecule has 0 aliphatic carbocycles. The van der Waals surface area contributed by atoms with E-state index in [1.807, 2.05) is 25.1 Å². The van der Waals surface area contributed by atoms with E-state index in [4.69, 9.17) is 0 Å². The first-order valence-corrected chi connectivity index (χ1v) is 10.2. The number of halogens is 1. The van der Waals surface area contributed by atoms with Crippen molar-refractivity contribution < 1.29 is 8.42 Å². The summed E-state index contributed by atoms with van der Waals surface area (Å²) in [5.41, 5.74) is 2.90. The Balaban J connectivity index is 1.88. The van der Waals surface area contributed by atoms with Crippen molar-refractivity contribution >= 4 is 54.0 Å². The molecule has 7 heteroatoms. The number of pyridine rings is 1. The van der Waals surface area contributed by atoms with E-state index in [1.165, 1.54) is 15.6 Å². The monoisotopic (exact) mass is 408 g/mol. The summed E-state index contributed by atoms with van der Waals surface area (Å²) >= 11 is 4.55. The standard InChI is InChI=1S/C16H13BrN2O2S2/c1-10-3-2-4-11-9-12-7-8-19(16(12)18-15(10)11)23(20,21)14-6-5-13(17)22-14/h2-6,9H,7-8H2,1H3. The number of sulfonamides is 1. The van der Waals surface area contributed by atoms with Crippen LogP contribution in [0.15, 0.2) is 44.4 Å². The van der Waals surface area contributed by atoms with E-state index in [1.54, 1.807) is 12.1 Å². The summed E-state index contributed by atoms with van der Waals surface area (Å²) < 4.78 is 28.4. The topological polar surface area (TPSA) is 50.3 Å². The Kier molecular flexibility index (Phi) is 3.48. The third-order valence-electron chi connectivity index (χ3n) is 4.02. The molecule has 0 unspecified atom stereocenters. The highest BCUT2D eigenvalue weighted by Gasteiger charge is 2.33. The van der Waals surface area contributed by atoms with Gasteiger partial charge in [0.25, 0.3) is 10.0 Å². The second-order valence-corrected chi connectivity index (χ2v) is 10.1. The van der Waals surface area contributed by atoms with Gasteiger partial charge in [-0.3, -0.25) is 0 Å². The van der Waals surface area contributed by atoms with Crippen molar-refractivity contribution in [2.75, 3.05) is 10.8 Å². The second kappa shape index (κ2) is 5.29. The lowest BCUT2D eigenvalue weighted by Gasteiger charge is -2.18. The van der Waals surface area contributed by atoms with Gasteiger partial charge in [-0.15, -0.1) is 11.3 Å². The molecular formula is C16H13BrN2O2S2. The maximum absolute atomic E-state index is 12.9. The van der Waals surface area contributed by atoms with Crippen molar-refractivity contribution in [1.29, 1.82) is 0 Å². The second-order valence-electron chi connectivity index (χ2n) is 5.50. The molecule has 0 amide bonds. The molecule has 0 N–H and O–H groups in total. The number of aromatic nitrogens is 1. The molecule has 1 aliphatic rings. The smallest absolute Gasteiger partial charge is 0.248 e. The van der Waals surface area contributed by atoms with Crippen LogP contribution in [0.4, 0.5) is 5.82 Å². The Morgan fingerprint density at radius 3 is 2.83 bits per heavy atom. The van der Waals surface area contributed by atoms with Crippen molar-refractivity contribution in [3.05, 3.63) is 51.3 Å². The van der Waals surface area contributed by atoms with Crippen LogP contribution in [0.5, 0.6) is 0 Å². The van der Waals surface area contributed by atoms with Gasteiger partial charge in [0.1, 0.15) is 10.0 Å². The number of anilines is 1. The van der Waals surface area contributed by atoms with Crippen LogP contribution in [0.2, 0.25) is 0 Å². The maximum atomic E-state index is 12.9. The number of rotatable bonds is 2. The zero-order valence-corrected chi connectivity index (χ0v) is 15.5. The molecule has 2 aromatic heterocycles. The quantitative estimate of drug-likeness (QED) is 0.640. The first-order chi connectivity index (χ1) is 11.0. The number of hydrogen-bond acceptors (Lipinski definition) is 4. The Morgan fingerprint density at radius 2 is 2.09 bits per heavy atom. The van der Waals surface area contributed by atoms with Gasteiger partial charge in [-0.25, -0.2) is 17.7 Å². The number of para-hydroxylation sites is 1. The van der Waals surface area contributed by atoms with Gasteiger partial charge in [0.2, 0.25) is 0 Å². The lowest BCUT2D eigenvalue weighted by molar-refractivity contribution is 0.594. The van der Waals surface area contributed by atoms with E-state index in [-0.39, 0.29) is 0 Å². The minimum Gasteiger partial charge on any atom is -0.248 e. The van der Waals surface area contributed by atoms with Gasteiger partial charge >= 0.3 is 0 Å². The molecule has 0 bridgehead atoms. The first kappa shape index (κ1) is 15.1. The Morgan fingerprint density at radius 1 is 1.26 bits per heavy atom. The molecule has 3 heterocycles. The predicted molar refractivity (Wildman–Crippen MR) is 96.7 cm³/mol. The molecule has 1 aromatic carbocycles. The van der Waals surface area contributed by atoms with Gasteiger partial charge in [-0.1, -0.05) is 18.2 Å². The largest absolute Gasteiger partial charge is 0.275 e. The number of fused-ring (bicyclic) bond motifs is 2. The third-order valence-corrected chi connectivity index (χ3v) is 7.90. The minimum atomic E-state index is -3.55. The fourth-order valence-corrected chi connectivity index (χ4v) is 6.46. The van der Waals surface area contributed by atoms with Crippen molar-refractivity contribution in [2.45, 2.75) is 17.6 Å². The number of hydrogen-bond donors (Lipinski definition) is 0. The Hall–Kier alpha value is -1.44. The van der Waals surface area contributed by atoms with Crippen LogP contribution in [0, 0.1) is 6.92 Å². The molecule has 1 aliphatic heterocycles. The van der Waals surface area contributed by atoms with Crippen molar-refractivity contribution in [1.82, 2.24) is 4.98 Å². The average Bonchev–Trinajstić information content (AvgIpc) is 3.12. The number of thiophene rings is 1. The molecule has 4 rings (SSSR count). The zero-order chi connectivity index (χ0) is 16.2. The Labute approximate surface area is 147 Å². The lowest BCUT2D eigenvalue weighted by Crippen LogP contribution is -2.29. The van der Waals surface area contributed by atoms with Gasteiger partial charge < -0.3 is 0 Å². The van der Waals surface area contributed by atoms with E-state index < -0.39 is 10.0 Å². The summed E-state index contributed by atoms with van der Waals surface area (Å²) in [5.74, 6) is 0.566. The molecule has 0 radical (unpaired) electrons. The first-order valence-electron chi connectivity index (χ1n) is 7.14. The minimum absolute atomic E-state index is 0.337. The SMILES string of the molecule is Cc1cccc2cc3c(nc12)N(S(=O)(=O)c1ccc(Br)s1)CC3. The maximum Gasteiger partial charge on any atom is 0.275 e. The molecule has 4 nitrogen and oxygen atoms in total. The van der Waals surface area contributed by atoms with Crippen LogP contribution in [0.1, 0.15) is 11.1 Å². The van der Waals surface area contributed by atoms with E-state index in [0.29, 0.717) is 23.0 Å². The number of aryl methyl sites for hydroxylation is 1. The highest BCUT2D eigenvalue weighted by atomic mass is 79.9. The van der Waals surface area contributed by atoms with E-state index in [0.717, 1.165) is 25.8 Å². The molecule has 118 valence electrons. The van der Waals surface area contributed by atoms with Gasteiger partial charge in [0, 0.05) is 11.9 Å². The fourth-order valence-electron chi connectivity index (χ4n) is 2.89. The normalized spacial score (nSPS) is 14.4. The molecular weight excluding hydrogens is 396 g/mol. The van der Waals surface area contributed by atoms with E-state index in [2.05, 4.69) is 27.0 Å². The highest BCUT2D eigenvalue weighted by molar-refractivity contribution is 9.11. The summed E-state index contributed by atoms with van der Waals surface area (Å²) in [6.45, 7) is 2.43. The number of nitrogens with zero attached hydrogens (tertiary/aromatic N) is 2. The Bertz CT molecular complexity index is 1030. The van der Waals surface area contributed by atoms with Crippen LogP contribution in [0.25, 0.3) is 10.9 Å². The van der Waals surface area contributed by atoms with Crippen LogP contribution < -0.4 is 4.31 Å². The summed E-state index contributed by atoms with van der Waals surface area (Å²) in [7, 11) is -3.55.